The molecule has 3 heterocycles. The second-order valence-corrected chi connectivity index (χ2v) is 9.20. The van der Waals surface area contributed by atoms with Crippen LogP contribution < -0.4 is 49.7 Å². The van der Waals surface area contributed by atoms with Crippen molar-refractivity contribution < 1.29 is 0 Å². The number of anilines is 3. The number of H-pyrrole nitrogens is 6. The van der Waals surface area contributed by atoms with Gasteiger partial charge in [-0.2, -0.15) is 0 Å². The molecule has 15 heteroatoms. The van der Waals surface area contributed by atoms with Crippen molar-refractivity contribution in [3.05, 3.63) is 117 Å². The largest absolute Gasteiger partial charge is 0.399 e. The first kappa shape index (κ1) is 29.9. The van der Waals surface area contributed by atoms with Crippen LogP contribution >= 0.6 is 0 Å². The predicted molar refractivity (Wildman–Crippen MR) is 168 cm³/mol. The van der Waals surface area contributed by atoms with Crippen LogP contribution in [0.15, 0.2) is 83.4 Å². The highest BCUT2D eigenvalue weighted by atomic mass is 16.2. The molecule has 0 saturated carbocycles. The fourth-order valence-corrected chi connectivity index (χ4v) is 4.40. The van der Waals surface area contributed by atoms with E-state index in [2.05, 4.69) is 49.3 Å². The number of hydrogen-bond donors (Lipinski definition) is 8. The summed E-state index contributed by atoms with van der Waals surface area (Å²) in [5.41, 5.74) is 10.8. The van der Waals surface area contributed by atoms with Crippen molar-refractivity contribution in [3.8, 4) is 0 Å². The average Bonchev–Trinajstić information content (AvgIpc) is 3.00. The van der Waals surface area contributed by atoms with Crippen LogP contribution in [0.1, 0.15) is 13.8 Å². The molecule has 0 aliphatic carbocycles. The first-order valence-electron chi connectivity index (χ1n) is 13.0. The molecule has 10 N–H and O–H groups in total. The van der Waals surface area contributed by atoms with Gasteiger partial charge in [-0.1, -0.05) is 6.07 Å². The second kappa shape index (κ2) is 12.6. The monoisotopic (exact) mass is 587 g/mol. The molecule has 6 rings (SSSR count). The summed E-state index contributed by atoms with van der Waals surface area (Å²) in [4.78, 5) is 70.1. The van der Waals surface area contributed by atoms with Crippen LogP contribution in [0.5, 0.6) is 0 Å². The molecule has 222 valence electrons. The number of rotatable bonds is 3. The van der Waals surface area contributed by atoms with Crippen molar-refractivity contribution in [1.82, 2.24) is 30.6 Å². The van der Waals surface area contributed by atoms with E-state index < -0.39 is 0 Å². The highest BCUT2D eigenvalue weighted by molar-refractivity contribution is 5.91. The highest BCUT2D eigenvalue weighted by Crippen LogP contribution is 2.17. The van der Waals surface area contributed by atoms with E-state index in [1.54, 1.807) is 36.4 Å². The van der Waals surface area contributed by atoms with Gasteiger partial charge in [-0.05, 0) is 62.4 Å². The average molecular weight is 588 g/mol. The maximum Gasteiger partial charge on any atom is 0.272 e. The number of nitrogen functional groups attached to an aromatic ring is 2. The van der Waals surface area contributed by atoms with E-state index in [1.807, 2.05) is 6.07 Å². The normalized spacial score (nSPS) is 10.6. The number of aromatic nitrogens is 6. The van der Waals surface area contributed by atoms with Gasteiger partial charge in [-0.15, -0.1) is 0 Å². The zero-order valence-corrected chi connectivity index (χ0v) is 23.2. The van der Waals surface area contributed by atoms with Gasteiger partial charge in [0, 0.05) is 30.2 Å². The van der Waals surface area contributed by atoms with Crippen LogP contribution in [0.3, 0.4) is 0 Å². The van der Waals surface area contributed by atoms with Crippen LogP contribution in [0.25, 0.3) is 32.3 Å². The van der Waals surface area contributed by atoms with Crippen LogP contribution in [-0.2, 0) is 0 Å². The van der Waals surface area contributed by atoms with Crippen molar-refractivity contribution in [2.75, 3.05) is 29.5 Å². The van der Waals surface area contributed by atoms with Crippen molar-refractivity contribution in [3.63, 3.8) is 0 Å². The lowest BCUT2D eigenvalue weighted by atomic mass is 10.1. The SMILES string of the molecule is CCN(CC)c1ccc2c(=O)[nH][nH]c(=O)c2c1.Nc1ccc2c(=O)[nH][nH]c(=O)c2c1.Nc1cccc2c(=O)[nH][nH]c(=O)c12. The Kier molecular flexibility index (Phi) is 8.74. The molecule has 15 nitrogen and oxygen atoms in total. The third-order valence-electron chi connectivity index (χ3n) is 6.59. The molecule has 0 fully saturated rings. The van der Waals surface area contributed by atoms with Gasteiger partial charge >= 0.3 is 0 Å². The number of fused-ring (bicyclic) bond motifs is 3. The minimum absolute atomic E-state index is 0.242. The molecule has 0 aliphatic heterocycles. The summed E-state index contributed by atoms with van der Waals surface area (Å²) in [6.45, 7) is 5.83. The molecule has 0 atom stereocenters. The van der Waals surface area contributed by atoms with E-state index in [0.717, 1.165) is 18.8 Å². The molecule has 43 heavy (non-hydrogen) atoms. The molecule has 0 radical (unpaired) electrons. The Morgan fingerprint density at radius 1 is 0.535 bits per heavy atom. The number of aromatic amines is 6. The molecule has 0 unspecified atom stereocenters. The molecular weight excluding hydrogens is 558 g/mol. The summed E-state index contributed by atoms with van der Waals surface area (Å²) >= 11 is 0. The minimum atomic E-state index is -0.382. The first-order valence-corrected chi connectivity index (χ1v) is 13.0. The number of hydrogen-bond acceptors (Lipinski definition) is 9. The standard InChI is InChI=1S/C12H15N3O2.2C8H7N3O2/c1-3-15(4-2)8-5-6-9-10(7-8)12(17)14-13-11(9)16;9-4-1-2-5-6(3-4)8(13)11-10-7(5)12;9-5-3-1-2-4-6(5)8(13)11-10-7(4)12/h5-7H,3-4H2,1-2H3,(H,13,16)(H,14,17);2*1-3H,9H2,(H,10,12)(H,11,13). The molecule has 6 aromatic rings. The summed E-state index contributed by atoms with van der Waals surface area (Å²) < 4.78 is 0. The third kappa shape index (κ3) is 6.30. The van der Waals surface area contributed by atoms with E-state index in [1.165, 1.54) is 12.1 Å². The first-order chi connectivity index (χ1) is 20.5. The third-order valence-corrected chi connectivity index (χ3v) is 6.59. The zero-order chi connectivity index (χ0) is 31.3. The van der Waals surface area contributed by atoms with Gasteiger partial charge in [0.15, 0.2) is 0 Å². The molecule has 0 bridgehead atoms. The highest BCUT2D eigenvalue weighted by Gasteiger charge is 2.07. The maximum atomic E-state index is 11.6. The van der Waals surface area contributed by atoms with E-state index >= 15 is 0 Å². The van der Waals surface area contributed by atoms with Crippen LogP contribution in [0.2, 0.25) is 0 Å². The van der Waals surface area contributed by atoms with Gasteiger partial charge < -0.3 is 16.4 Å². The summed E-state index contributed by atoms with van der Waals surface area (Å²) in [7, 11) is 0. The van der Waals surface area contributed by atoms with Crippen molar-refractivity contribution in [2.45, 2.75) is 13.8 Å². The van der Waals surface area contributed by atoms with Crippen LogP contribution in [-0.4, -0.2) is 43.7 Å². The molecule has 3 aromatic heterocycles. The Hall–Kier alpha value is -6.12. The minimum Gasteiger partial charge on any atom is -0.399 e. The Bertz CT molecular complexity index is 2270. The van der Waals surface area contributed by atoms with Crippen molar-refractivity contribution in [1.29, 1.82) is 0 Å². The van der Waals surface area contributed by atoms with Crippen LogP contribution in [0, 0.1) is 0 Å². The molecule has 0 spiro atoms. The molecule has 0 amide bonds. The fourth-order valence-electron chi connectivity index (χ4n) is 4.40. The lowest BCUT2D eigenvalue weighted by molar-refractivity contribution is 0.867. The zero-order valence-electron chi connectivity index (χ0n) is 23.2. The predicted octanol–water partition coefficient (Wildman–Crippen LogP) is 0.660. The van der Waals surface area contributed by atoms with Gasteiger partial charge in [-0.25, -0.2) is 0 Å². The van der Waals surface area contributed by atoms with Gasteiger partial charge in [0.05, 0.1) is 32.3 Å². The Morgan fingerprint density at radius 3 is 1.53 bits per heavy atom. The fraction of sp³-hybridized carbons (Fsp3) is 0.143. The second-order valence-electron chi connectivity index (χ2n) is 9.20. The molecule has 0 aliphatic rings. The quantitative estimate of drug-likeness (QED) is 0.135. The number of nitrogens with one attached hydrogen (secondary N) is 6. The van der Waals surface area contributed by atoms with E-state index in [0.29, 0.717) is 38.3 Å². The van der Waals surface area contributed by atoms with Gasteiger partial charge in [0.25, 0.3) is 33.4 Å². The number of nitrogens with zero attached hydrogens (tertiary/aromatic N) is 1. The number of benzene rings is 3. The maximum absolute atomic E-state index is 11.6. The van der Waals surface area contributed by atoms with E-state index in [-0.39, 0.29) is 38.7 Å². The lowest BCUT2D eigenvalue weighted by Crippen LogP contribution is -2.23. The Labute approximate surface area is 240 Å². The summed E-state index contributed by atoms with van der Waals surface area (Å²) in [6, 6.07) is 14.7. The van der Waals surface area contributed by atoms with Crippen LogP contribution in [0.4, 0.5) is 17.1 Å². The summed E-state index contributed by atoms with van der Waals surface area (Å²) in [5, 5.41) is 15.6. The van der Waals surface area contributed by atoms with Crippen molar-refractivity contribution >= 4 is 49.4 Å². The van der Waals surface area contributed by atoms with Gasteiger partial charge in [-0.3, -0.25) is 59.4 Å². The van der Waals surface area contributed by atoms with E-state index in [4.69, 9.17) is 11.5 Å². The lowest BCUT2D eigenvalue weighted by Gasteiger charge is -2.21. The Morgan fingerprint density at radius 2 is 1.00 bits per heavy atom. The molecular formula is C28H29N9O6. The topological polar surface area (TPSA) is 252 Å². The van der Waals surface area contributed by atoms with Gasteiger partial charge in [0.1, 0.15) is 0 Å². The van der Waals surface area contributed by atoms with Gasteiger partial charge in [0.2, 0.25) is 0 Å². The smallest absolute Gasteiger partial charge is 0.272 e. The Balaban J connectivity index is 0.000000150. The molecule has 0 saturated heterocycles. The summed E-state index contributed by atoms with van der Waals surface area (Å²) in [5.74, 6) is 0. The summed E-state index contributed by atoms with van der Waals surface area (Å²) in [6.07, 6.45) is 0. The number of nitrogens with two attached hydrogens (primary N) is 2. The van der Waals surface area contributed by atoms with Crippen molar-refractivity contribution in [2.24, 2.45) is 0 Å². The van der Waals surface area contributed by atoms with E-state index in [9.17, 15) is 28.8 Å². The molecule has 3 aromatic carbocycles.